The van der Waals surface area contributed by atoms with E-state index in [1.807, 2.05) is 6.07 Å². The average molecular weight is 480 g/mol. The Morgan fingerprint density at radius 2 is 1.70 bits per heavy atom. The highest BCUT2D eigenvalue weighted by atomic mass is 32.2. The van der Waals surface area contributed by atoms with Crippen molar-refractivity contribution in [1.82, 2.24) is 5.32 Å². The first kappa shape index (κ1) is 25.7. The van der Waals surface area contributed by atoms with E-state index in [4.69, 9.17) is 13.7 Å². The number of hydrogen-bond donors (Lipinski definition) is 1. The number of nitro groups is 1. The summed E-state index contributed by atoms with van der Waals surface area (Å²) >= 11 is 0. The molecule has 0 saturated heterocycles. The van der Waals surface area contributed by atoms with Crippen LogP contribution in [0, 0.1) is 10.1 Å². The highest BCUT2D eigenvalue weighted by Crippen LogP contribution is 2.14. The van der Waals surface area contributed by atoms with Gasteiger partial charge in [-0.05, 0) is 24.1 Å². The van der Waals surface area contributed by atoms with E-state index in [0.29, 0.717) is 0 Å². The van der Waals surface area contributed by atoms with Crippen molar-refractivity contribution in [3.8, 4) is 0 Å². The van der Waals surface area contributed by atoms with Crippen molar-refractivity contribution in [1.29, 1.82) is 0 Å². The third-order valence-corrected chi connectivity index (χ3v) is 4.99. The Morgan fingerprint density at radius 1 is 1.06 bits per heavy atom. The minimum atomic E-state index is -3.96. The number of non-ortho nitro benzene ring substituents is 1. The fraction of sp³-hybridized carbons (Fsp3) is 0.333. The second-order valence-corrected chi connectivity index (χ2v) is 8.56. The van der Waals surface area contributed by atoms with Gasteiger partial charge in [-0.15, -0.1) is 0 Å². The van der Waals surface area contributed by atoms with Crippen molar-refractivity contribution in [2.45, 2.75) is 32.1 Å². The predicted molar refractivity (Wildman–Crippen MR) is 117 cm³/mol. The number of nitro benzene ring substituents is 1. The van der Waals surface area contributed by atoms with Gasteiger partial charge in [0.15, 0.2) is 0 Å². The maximum atomic E-state index is 12.3. The zero-order valence-corrected chi connectivity index (χ0v) is 18.8. The number of alkyl carbamates (subject to hydrolysis) is 1. The number of benzene rings is 2. The molecule has 0 aliphatic rings. The fourth-order valence-electron chi connectivity index (χ4n) is 2.77. The number of rotatable bonds is 11. The summed E-state index contributed by atoms with van der Waals surface area (Å²) in [5, 5.41) is 13.3. The molecule has 1 amide bonds. The number of amides is 1. The average Bonchev–Trinajstić information content (AvgIpc) is 2.78. The van der Waals surface area contributed by atoms with E-state index < -0.39 is 45.9 Å². The summed E-state index contributed by atoms with van der Waals surface area (Å²) in [5.74, 6) is -0.839. The molecule has 0 unspecified atom stereocenters. The quantitative estimate of drug-likeness (QED) is 0.221. The van der Waals surface area contributed by atoms with Crippen LogP contribution >= 0.6 is 0 Å². The molecule has 11 nitrogen and oxygen atoms in total. The Labute approximate surface area is 190 Å². The SMILES string of the molecule is CC[C@H](NC(=O)OCc1ccccc1)[C@H](COC(=O)c1ccc([N+](=O)[O-])cc1)OS(C)(=O)=O. The molecule has 0 heterocycles. The molecule has 0 radical (unpaired) electrons. The maximum absolute atomic E-state index is 12.3. The van der Waals surface area contributed by atoms with Gasteiger partial charge < -0.3 is 14.8 Å². The molecule has 0 fully saturated rings. The van der Waals surface area contributed by atoms with Crippen LogP contribution in [0.2, 0.25) is 0 Å². The molecule has 0 bridgehead atoms. The number of hydrogen-bond acceptors (Lipinski definition) is 9. The van der Waals surface area contributed by atoms with Crippen molar-refractivity contribution < 1.29 is 36.6 Å². The van der Waals surface area contributed by atoms with Crippen LogP contribution in [0.15, 0.2) is 54.6 Å². The molecule has 2 atom stereocenters. The maximum Gasteiger partial charge on any atom is 0.407 e. The first-order valence-electron chi connectivity index (χ1n) is 9.86. The number of esters is 1. The second-order valence-electron chi connectivity index (χ2n) is 6.96. The van der Waals surface area contributed by atoms with Crippen LogP contribution in [0.1, 0.15) is 29.3 Å². The smallest absolute Gasteiger partial charge is 0.407 e. The first-order valence-corrected chi connectivity index (χ1v) is 11.7. The Morgan fingerprint density at radius 3 is 2.24 bits per heavy atom. The number of carbonyl (C=O) groups excluding carboxylic acids is 2. The summed E-state index contributed by atoms with van der Waals surface area (Å²) in [6, 6.07) is 12.8. The predicted octanol–water partition coefficient (Wildman–Crippen LogP) is 2.80. The normalized spacial score (nSPS) is 12.9. The summed E-state index contributed by atoms with van der Waals surface area (Å²) in [6.07, 6.45) is -0.945. The molecule has 33 heavy (non-hydrogen) atoms. The van der Waals surface area contributed by atoms with Gasteiger partial charge >= 0.3 is 12.1 Å². The highest BCUT2D eigenvalue weighted by Gasteiger charge is 2.28. The number of nitrogens with zero attached hydrogens (tertiary/aromatic N) is 1. The van der Waals surface area contributed by atoms with Crippen LogP contribution in [0.4, 0.5) is 10.5 Å². The summed E-state index contributed by atoms with van der Waals surface area (Å²) < 4.78 is 38.7. The Bertz CT molecular complexity index is 1060. The monoisotopic (exact) mass is 480 g/mol. The van der Waals surface area contributed by atoms with E-state index in [1.165, 1.54) is 12.1 Å². The lowest BCUT2D eigenvalue weighted by molar-refractivity contribution is -0.384. The largest absolute Gasteiger partial charge is 0.459 e. The Hall–Kier alpha value is -3.51. The summed E-state index contributed by atoms with van der Waals surface area (Å²) in [6.45, 7) is 1.19. The van der Waals surface area contributed by atoms with Gasteiger partial charge in [0.25, 0.3) is 15.8 Å². The highest BCUT2D eigenvalue weighted by molar-refractivity contribution is 7.86. The van der Waals surface area contributed by atoms with Gasteiger partial charge in [0, 0.05) is 12.1 Å². The second kappa shape index (κ2) is 11.9. The lowest BCUT2D eigenvalue weighted by Gasteiger charge is -2.25. The van der Waals surface area contributed by atoms with Gasteiger partial charge in [0.2, 0.25) is 0 Å². The zero-order chi connectivity index (χ0) is 24.4. The van der Waals surface area contributed by atoms with Crippen LogP contribution in [-0.4, -0.2) is 50.4 Å². The third-order valence-electron chi connectivity index (χ3n) is 4.40. The molecule has 1 N–H and O–H groups in total. The zero-order valence-electron chi connectivity index (χ0n) is 18.0. The summed E-state index contributed by atoms with van der Waals surface area (Å²) in [4.78, 5) is 34.6. The number of nitrogens with one attached hydrogen (secondary N) is 1. The van der Waals surface area contributed by atoms with E-state index in [1.54, 1.807) is 31.2 Å². The van der Waals surface area contributed by atoms with Crippen molar-refractivity contribution in [2.75, 3.05) is 12.9 Å². The molecule has 178 valence electrons. The van der Waals surface area contributed by atoms with Gasteiger partial charge in [-0.3, -0.25) is 14.3 Å². The van der Waals surface area contributed by atoms with E-state index in [2.05, 4.69) is 5.32 Å². The van der Waals surface area contributed by atoms with E-state index >= 15 is 0 Å². The summed E-state index contributed by atoms with van der Waals surface area (Å²) in [5.41, 5.74) is 0.595. The lowest BCUT2D eigenvalue weighted by Crippen LogP contribution is -2.47. The Balaban J connectivity index is 2.02. The van der Waals surface area contributed by atoms with E-state index in [9.17, 15) is 28.1 Å². The van der Waals surface area contributed by atoms with Crippen LogP contribution in [0.3, 0.4) is 0 Å². The molecule has 2 rings (SSSR count). The molecule has 12 heteroatoms. The molecular weight excluding hydrogens is 456 g/mol. The molecule has 0 aliphatic carbocycles. The van der Waals surface area contributed by atoms with Crippen molar-refractivity contribution >= 4 is 27.9 Å². The standard InChI is InChI=1S/C21H24N2O9S/c1-3-18(22-21(25)31-13-15-7-5-4-6-8-15)19(32-33(2,28)29)14-30-20(24)16-9-11-17(12-10-16)23(26)27/h4-12,18-19H,3,13-14H2,1-2H3,(H,22,25)/t18-,19-/m0/s1. The fourth-order valence-corrected chi connectivity index (χ4v) is 3.41. The number of ether oxygens (including phenoxy) is 2. The molecule has 2 aromatic rings. The van der Waals surface area contributed by atoms with Crippen molar-refractivity contribution in [2.24, 2.45) is 0 Å². The molecule has 0 aliphatic heterocycles. The van der Waals surface area contributed by atoms with E-state index in [0.717, 1.165) is 24.0 Å². The third kappa shape index (κ3) is 8.86. The molecular formula is C21H24N2O9S. The molecule has 2 aromatic carbocycles. The van der Waals surface area contributed by atoms with Crippen LogP contribution in [-0.2, 0) is 30.4 Å². The van der Waals surface area contributed by atoms with Gasteiger partial charge in [0.1, 0.15) is 19.3 Å². The first-order chi connectivity index (χ1) is 15.6. The summed E-state index contributed by atoms with van der Waals surface area (Å²) in [7, 11) is -3.96. The van der Waals surface area contributed by atoms with Crippen LogP contribution in [0.5, 0.6) is 0 Å². The van der Waals surface area contributed by atoms with Gasteiger partial charge in [-0.25, -0.2) is 9.59 Å². The Kier molecular flexibility index (Phi) is 9.30. The topological polar surface area (TPSA) is 151 Å². The van der Waals surface area contributed by atoms with E-state index in [-0.39, 0.29) is 24.3 Å². The molecule has 0 spiro atoms. The van der Waals surface area contributed by atoms with Crippen LogP contribution in [0.25, 0.3) is 0 Å². The molecule has 0 saturated carbocycles. The lowest BCUT2D eigenvalue weighted by atomic mass is 10.1. The van der Waals surface area contributed by atoms with Gasteiger partial charge in [0.05, 0.1) is 22.8 Å². The van der Waals surface area contributed by atoms with Gasteiger partial charge in [-0.1, -0.05) is 37.3 Å². The minimum absolute atomic E-state index is 0.00976. The molecule has 0 aromatic heterocycles. The van der Waals surface area contributed by atoms with Crippen LogP contribution < -0.4 is 5.32 Å². The van der Waals surface area contributed by atoms with Gasteiger partial charge in [-0.2, -0.15) is 8.42 Å². The minimum Gasteiger partial charge on any atom is -0.459 e. The van der Waals surface area contributed by atoms with Crippen molar-refractivity contribution in [3.63, 3.8) is 0 Å². The number of carbonyl (C=O) groups is 2. The van der Waals surface area contributed by atoms with Crippen molar-refractivity contribution in [3.05, 3.63) is 75.8 Å².